The Balaban J connectivity index is 1.63. The van der Waals surface area contributed by atoms with Crippen LogP contribution in [0, 0.1) is 0 Å². The lowest BCUT2D eigenvalue weighted by Crippen LogP contribution is -2.44. The lowest BCUT2D eigenvalue weighted by Gasteiger charge is -2.19. The van der Waals surface area contributed by atoms with E-state index >= 15 is 0 Å². The molecule has 1 saturated carbocycles. The number of nitrogens with zero attached hydrogens (tertiary/aromatic N) is 1. The number of carbonyl (C=O) groups is 3. The minimum atomic E-state index is -4.68. The number of amides is 4. The molecule has 146 valence electrons. The lowest BCUT2D eigenvalue weighted by atomic mass is 9.98. The summed E-state index contributed by atoms with van der Waals surface area (Å²) in [7, 11) is 0. The molecule has 2 aliphatic rings. The van der Waals surface area contributed by atoms with Crippen LogP contribution in [0.3, 0.4) is 0 Å². The Morgan fingerprint density at radius 3 is 2.52 bits per heavy atom. The first-order valence-corrected chi connectivity index (χ1v) is 8.36. The molecule has 0 unspecified atom stereocenters. The van der Waals surface area contributed by atoms with Crippen LogP contribution in [0.1, 0.15) is 37.7 Å². The van der Waals surface area contributed by atoms with Gasteiger partial charge in [-0.25, -0.2) is 4.79 Å². The molecule has 0 aromatic carbocycles. The maximum Gasteiger partial charge on any atom is 0.417 e. The van der Waals surface area contributed by atoms with Crippen molar-refractivity contribution in [1.29, 1.82) is 0 Å². The van der Waals surface area contributed by atoms with Gasteiger partial charge in [0, 0.05) is 19.2 Å². The first-order chi connectivity index (χ1) is 12.6. The zero-order chi connectivity index (χ0) is 19.8. The molecular weight excluding hydrogens is 369 g/mol. The van der Waals surface area contributed by atoms with Crippen LogP contribution in [0.4, 0.5) is 23.7 Å². The van der Waals surface area contributed by atoms with Crippen molar-refractivity contribution in [3.63, 3.8) is 0 Å². The topological polar surface area (TPSA) is 111 Å². The van der Waals surface area contributed by atoms with Gasteiger partial charge in [0.1, 0.15) is 11.2 Å². The van der Waals surface area contributed by atoms with Crippen LogP contribution in [0.25, 0.3) is 0 Å². The number of anilines is 1. The Bertz CT molecular complexity index is 843. The number of carbonyl (C=O) groups excluding carboxylic acids is 3. The fourth-order valence-corrected chi connectivity index (χ4v) is 3.36. The monoisotopic (exact) mass is 386 g/mol. The molecule has 3 N–H and O–H groups in total. The molecule has 2 heterocycles. The van der Waals surface area contributed by atoms with E-state index in [0.717, 1.165) is 17.7 Å². The number of aromatic amines is 1. The second kappa shape index (κ2) is 6.71. The third-order valence-electron chi connectivity index (χ3n) is 4.77. The number of rotatable bonds is 4. The van der Waals surface area contributed by atoms with Crippen LogP contribution >= 0.6 is 0 Å². The molecule has 4 amide bonds. The molecule has 1 aromatic rings. The third-order valence-corrected chi connectivity index (χ3v) is 4.77. The van der Waals surface area contributed by atoms with Crippen LogP contribution in [-0.4, -0.2) is 39.8 Å². The Morgan fingerprint density at radius 1 is 1.22 bits per heavy atom. The van der Waals surface area contributed by atoms with Gasteiger partial charge in [0.25, 0.3) is 11.5 Å². The molecule has 1 spiro atoms. The molecule has 0 atom stereocenters. The summed E-state index contributed by atoms with van der Waals surface area (Å²) in [6.45, 7) is -0.227. The summed E-state index contributed by atoms with van der Waals surface area (Å²) in [6, 6.07) is -0.0653. The number of nitrogens with one attached hydrogen (secondary N) is 3. The SMILES string of the molecule is O=C(CCN1C(=O)NC2(CCCC2)C1=O)Nc1cc(C(F)(F)F)c[nH]c1=O. The van der Waals surface area contributed by atoms with Gasteiger partial charge < -0.3 is 15.6 Å². The van der Waals surface area contributed by atoms with Gasteiger partial charge in [0.2, 0.25) is 5.91 Å². The predicted molar refractivity (Wildman–Crippen MR) is 86.8 cm³/mol. The molecule has 0 radical (unpaired) electrons. The lowest BCUT2D eigenvalue weighted by molar-refractivity contribution is -0.138. The first kappa shape index (κ1) is 18.9. The molecule has 2 fully saturated rings. The highest BCUT2D eigenvalue weighted by Gasteiger charge is 2.52. The molecule has 11 heteroatoms. The Hall–Kier alpha value is -2.85. The number of H-pyrrole nitrogens is 1. The number of urea groups is 1. The van der Waals surface area contributed by atoms with Gasteiger partial charge in [-0.15, -0.1) is 0 Å². The van der Waals surface area contributed by atoms with Crippen LogP contribution < -0.4 is 16.2 Å². The highest BCUT2D eigenvalue weighted by molar-refractivity contribution is 6.07. The average molecular weight is 386 g/mol. The minimum Gasteiger partial charge on any atom is -0.327 e. The van der Waals surface area contributed by atoms with Crippen LogP contribution in [0.5, 0.6) is 0 Å². The normalized spacial score (nSPS) is 18.9. The molecule has 1 aromatic heterocycles. The van der Waals surface area contributed by atoms with Gasteiger partial charge in [-0.05, 0) is 18.9 Å². The number of hydrogen-bond donors (Lipinski definition) is 3. The highest BCUT2D eigenvalue weighted by atomic mass is 19.4. The Morgan fingerprint density at radius 2 is 1.89 bits per heavy atom. The van der Waals surface area contributed by atoms with E-state index in [1.165, 1.54) is 0 Å². The molecule has 1 aliphatic carbocycles. The summed E-state index contributed by atoms with van der Waals surface area (Å²) >= 11 is 0. The van der Waals surface area contributed by atoms with E-state index in [0.29, 0.717) is 25.1 Å². The summed E-state index contributed by atoms with van der Waals surface area (Å²) in [5.74, 6) is -1.18. The quantitative estimate of drug-likeness (QED) is 0.682. The minimum absolute atomic E-state index is 0.227. The van der Waals surface area contributed by atoms with Crippen molar-refractivity contribution < 1.29 is 27.6 Å². The van der Waals surface area contributed by atoms with Crippen molar-refractivity contribution in [2.75, 3.05) is 11.9 Å². The molecule has 27 heavy (non-hydrogen) atoms. The zero-order valence-electron chi connectivity index (χ0n) is 14.1. The van der Waals surface area contributed by atoms with Crippen LogP contribution in [0.2, 0.25) is 0 Å². The summed E-state index contributed by atoms with van der Waals surface area (Å²) in [5.41, 5.74) is -3.46. The van der Waals surface area contributed by atoms with Crippen molar-refractivity contribution in [2.45, 2.75) is 43.8 Å². The van der Waals surface area contributed by atoms with E-state index in [2.05, 4.69) is 10.6 Å². The van der Waals surface area contributed by atoms with Crippen molar-refractivity contribution in [1.82, 2.24) is 15.2 Å². The number of hydrogen-bond acceptors (Lipinski definition) is 4. The average Bonchev–Trinajstić information content (AvgIpc) is 3.13. The van der Waals surface area contributed by atoms with Crippen molar-refractivity contribution in [3.05, 3.63) is 28.2 Å². The largest absolute Gasteiger partial charge is 0.417 e. The molecule has 8 nitrogen and oxygen atoms in total. The standard InChI is InChI=1S/C16H17F3N4O4/c17-16(18,19)9-7-10(12(25)20-8-9)21-11(24)3-6-23-13(26)15(22-14(23)27)4-1-2-5-15/h7-8H,1-6H2,(H,20,25)(H,21,24)(H,22,27). The summed E-state index contributed by atoms with van der Waals surface area (Å²) in [6.07, 6.45) is -1.80. The first-order valence-electron chi connectivity index (χ1n) is 8.36. The predicted octanol–water partition coefficient (Wildman–Crippen LogP) is 1.59. The second-order valence-corrected chi connectivity index (χ2v) is 6.60. The number of alkyl halides is 3. The summed E-state index contributed by atoms with van der Waals surface area (Å²) in [5, 5.41) is 4.75. The second-order valence-electron chi connectivity index (χ2n) is 6.60. The van der Waals surface area contributed by atoms with Gasteiger partial charge in [-0.2, -0.15) is 13.2 Å². The smallest absolute Gasteiger partial charge is 0.327 e. The third kappa shape index (κ3) is 3.67. The zero-order valence-corrected chi connectivity index (χ0v) is 14.1. The number of halogens is 3. The molecule has 3 rings (SSSR count). The summed E-state index contributed by atoms with van der Waals surface area (Å²) < 4.78 is 38.1. The Kier molecular flexibility index (Phi) is 4.70. The number of imide groups is 1. The summed E-state index contributed by atoms with van der Waals surface area (Å²) in [4.78, 5) is 50.9. The van der Waals surface area contributed by atoms with Crippen molar-refractivity contribution in [2.24, 2.45) is 0 Å². The Labute approximate surface area is 151 Å². The van der Waals surface area contributed by atoms with E-state index < -0.39 is 46.4 Å². The number of aromatic nitrogens is 1. The van der Waals surface area contributed by atoms with E-state index in [-0.39, 0.29) is 13.0 Å². The number of pyridine rings is 1. The molecule has 1 saturated heterocycles. The van der Waals surface area contributed by atoms with E-state index in [9.17, 15) is 32.3 Å². The van der Waals surface area contributed by atoms with E-state index in [1.807, 2.05) is 4.98 Å². The van der Waals surface area contributed by atoms with Gasteiger partial charge in [-0.3, -0.25) is 19.3 Å². The fourth-order valence-electron chi connectivity index (χ4n) is 3.36. The van der Waals surface area contributed by atoms with Gasteiger partial charge >= 0.3 is 12.2 Å². The van der Waals surface area contributed by atoms with Gasteiger partial charge in [0.15, 0.2) is 0 Å². The van der Waals surface area contributed by atoms with E-state index in [4.69, 9.17) is 0 Å². The van der Waals surface area contributed by atoms with Gasteiger partial charge in [-0.1, -0.05) is 12.8 Å². The van der Waals surface area contributed by atoms with Crippen LogP contribution in [0.15, 0.2) is 17.1 Å². The highest BCUT2D eigenvalue weighted by Crippen LogP contribution is 2.35. The molecule has 0 bridgehead atoms. The van der Waals surface area contributed by atoms with Crippen LogP contribution in [-0.2, 0) is 15.8 Å². The van der Waals surface area contributed by atoms with Crippen molar-refractivity contribution in [3.8, 4) is 0 Å². The van der Waals surface area contributed by atoms with E-state index in [1.54, 1.807) is 0 Å². The van der Waals surface area contributed by atoms with Crippen molar-refractivity contribution >= 4 is 23.5 Å². The fraction of sp³-hybridized carbons (Fsp3) is 0.500. The van der Waals surface area contributed by atoms with Gasteiger partial charge in [0.05, 0.1) is 5.56 Å². The maximum atomic E-state index is 12.7. The molecule has 1 aliphatic heterocycles. The molecular formula is C16H17F3N4O4. The maximum absolute atomic E-state index is 12.7.